The highest BCUT2D eigenvalue weighted by atomic mass is 79.9. The fourth-order valence-electron chi connectivity index (χ4n) is 1.55. The molecule has 0 unspecified atom stereocenters. The van der Waals surface area contributed by atoms with Gasteiger partial charge in [0.05, 0.1) is 12.2 Å². The lowest BCUT2D eigenvalue weighted by Crippen LogP contribution is -2.17. The first-order valence-corrected chi connectivity index (χ1v) is 6.01. The van der Waals surface area contributed by atoms with E-state index in [0.717, 1.165) is 15.9 Å². The topological polar surface area (TPSA) is 16.1 Å². The summed E-state index contributed by atoms with van der Waals surface area (Å²) in [6.45, 7) is 0.650. The van der Waals surface area contributed by atoms with Gasteiger partial charge in [0.2, 0.25) is 0 Å². The van der Waals surface area contributed by atoms with E-state index in [2.05, 4.69) is 20.9 Å². The van der Waals surface area contributed by atoms with Crippen molar-refractivity contribution >= 4 is 21.6 Å². The molecule has 0 fully saturated rings. The number of halogens is 2. The van der Waals surface area contributed by atoms with Crippen LogP contribution in [0.2, 0.25) is 0 Å². The summed E-state index contributed by atoms with van der Waals surface area (Å²) in [5.74, 6) is -0.224. The molecule has 0 spiro atoms. The van der Waals surface area contributed by atoms with Crippen LogP contribution < -0.4 is 4.90 Å². The van der Waals surface area contributed by atoms with Crippen molar-refractivity contribution in [3.05, 3.63) is 58.6 Å². The van der Waals surface area contributed by atoms with Crippen LogP contribution in [0.1, 0.15) is 5.69 Å². The summed E-state index contributed by atoms with van der Waals surface area (Å²) in [5.41, 5.74) is 1.79. The lowest BCUT2D eigenvalue weighted by atomic mass is 10.2. The van der Waals surface area contributed by atoms with Crippen LogP contribution in [-0.2, 0) is 6.54 Å². The summed E-state index contributed by atoms with van der Waals surface area (Å²) in [6, 6.07) is 10.4. The van der Waals surface area contributed by atoms with Crippen molar-refractivity contribution in [3.8, 4) is 0 Å². The maximum atomic E-state index is 13.1. The minimum Gasteiger partial charge on any atom is -0.369 e. The standard InChI is InChI=1S/C13H12BrFN2/c1-17(13-4-2-3-11(15)7-13)9-12-6-5-10(14)8-16-12/h2-8H,9H2,1H3. The zero-order chi connectivity index (χ0) is 12.3. The number of rotatable bonds is 3. The predicted molar refractivity (Wildman–Crippen MR) is 70.4 cm³/mol. The average molecular weight is 295 g/mol. The molecule has 17 heavy (non-hydrogen) atoms. The van der Waals surface area contributed by atoms with Crippen molar-refractivity contribution in [2.75, 3.05) is 11.9 Å². The molecule has 2 aromatic rings. The molecule has 0 aliphatic rings. The fraction of sp³-hybridized carbons (Fsp3) is 0.154. The Bertz CT molecular complexity index is 499. The normalized spacial score (nSPS) is 10.3. The Hall–Kier alpha value is -1.42. The molecule has 0 aliphatic heterocycles. The Morgan fingerprint density at radius 1 is 1.29 bits per heavy atom. The van der Waals surface area contributed by atoms with Crippen LogP contribution in [0.25, 0.3) is 0 Å². The van der Waals surface area contributed by atoms with Gasteiger partial charge >= 0.3 is 0 Å². The lowest BCUT2D eigenvalue weighted by Gasteiger charge is -2.18. The van der Waals surface area contributed by atoms with Gasteiger partial charge in [-0.05, 0) is 46.3 Å². The summed E-state index contributed by atoms with van der Waals surface area (Å²) in [5, 5.41) is 0. The summed E-state index contributed by atoms with van der Waals surface area (Å²) in [7, 11) is 1.92. The molecule has 0 N–H and O–H groups in total. The molecule has 0 atom stereocenters. The molecule has 0 radical (unpaired) electrons. The molecule has 1 aromatic heterocycles. The van der Waals surface area contributed by atoms with Crippen LogP contribution in [0, 0.1) is 5.82 Å². The summed E-state index contributed by atoms with van der Waals surface area (Å²) >= 11 is 3.34. The molecule has 0 aliphatic carbocycles. The van der Waals surface area contributed by atoms with Crippen molar-refractivity contribution in [2.24, 2.45) is 0 Å². The van der Waals surface area contributed by atoms with Crippen LogP contribution in [0.5, 0.6) is 0 Å². The van der Waals surface area contributed by atoms with E-state index in [1.54, 1.807) is 12.3 Å². The second kappa shape index (κ2) is 5.27. The average Bonchev–Trinajstić information content (AvgIpc) is 2.32. The SMILES string of the molecule is CN(Cc1ccc(Br)cn1)c1cccc(F)c1. The predicted octanol–water partition coefficient (Wildman–Crippen LogP) is 3.62. The number of aromatic nitrogens is 1. The number of benzene rings is 1. The second-order valence-electron chi connectivity index (χ2n) is 3.80. The molecule has 2 nitrogen and oxygen atoms in total. The van der Waals surface area contributed by atoms with Gasteiger partial charge in [-0.1, -0.05) is 6.07 Å². The highest BCUT2D eigenvalue weighted by molar-refractivity contribution is 9.10. The smallest absolute Gasteiger partial charge is 0.125 e. The van der Waals surface area contributed by atoms with Crippen molar-refractivity contribution in [1.29, 1.82) is 0 Å². The van der Waals surface area contributed by atoms with Crippen LogP contribution in [-0.4, -0.2) is 12.0 Å². The summed E-state index contributed by atoms with van der Waals surface area (Å²) in [4.78, 5) is 6.24. The van der Waals surface area contributed by atoms with Gasteiger partial charge in [0.15, 0.2) is 0 Å². The Balaban J connectivity index is 2.11. The molecule has 2 rings (SSSR count). The number of anilines is 1. The van der Waals surface area contributed by atoms with Gasteiger partial charge in [-0.15, -0.1) is 0 Å². The number of nitrogens with zero attached hydrogens (tertiary/aromatic N) is 2. The third-order valence-electron chi connectivity index (χ3n) is 2.44. The van der Waals surface area contributed by atoms with Crippen LogP contribution >= 0.6 is 15.9 Å². The molecule has 4 heteroatoms. The molecular weight excluding hydrogens is 283 g/mol. The van der Waals surface area contributed by atoms with Crippen molar-refractivity contribution in [3.63, 3.8) is 0 Å². The Labute approximate surface area is 108 Å². The van der Waals surface area contributed by atoms with Gasteiger partial charge in [-0.25, -0.2) is 4.39 Å². The summed E-state index contributed by atoms with van der Waals surface area (Å²) < 4.78 is 14.0. The first kappa shape index (κ1) is 12.0. The lowest BCUT2D eigenvalue weighted by molar-refractivity contribution is 0.627. The Kier molecular flexibility index (Phi) is 3.74. The van der Waals surface area contributed by atoms with Gasteiger partial charge < -0.3 is 4.90 Å². The monoisotopic (exact) mass is 294 g/mol. The van der Waals surface area contributed by atoms with Crippen LogP contribution in [0.3, 0.4) is 0 Å². The molecule has 0 saturated carbocycles. The van der Waals surface area contributed by atoms with E-state index in [1.165, 1.54) is 12.1 Å². The molecule has 1 aromatic carbocycles. The molecule has 0 amide bonds. The van der Waals surface area contributed by atoms with E-state index >= 15 is 0 Å². The highest BCUT2D eigenvalue weighted by Gasteiger charge is 2.03. The third kappa shape index (κ3) is 3.27. The van der Waals surface area contributed by atoms with Gasteiger partial charge in [-0.2, -0.15) is 0 Å². The van der Waals surface area contributed by atoms with Gasteiger partial charge in [0, 0.05) is 23.4 Å². The number of pyridine rings is 1. The first-order valence-electron chi connectivity index (χ1n) is 5.22. The van der Waals surface area contributed by atoms with E-state index in [4.69, 9.17) is 0 Å². The van der Waals surface area contributed by atoms with Crippen molar-refractivity contribution in [1.82, 2.24) is 4.98 Å². The van der Waals surface area contributed by atoms with Crippen molar-refractivity contribution < 1.29 is 4.39 Å². The van der Waals surface area contributed by atoms with Crippen molar-refractivity contribution in [2.45, 2.75) is 6.54 Å². The minimum absolute atomic E-state index is 0.224. The second-order valence-corrected chi connectivity index (χ2v) is 4.72. The van der Waals surface area contributed by atoms with E-state index in [1.807, 2.05) is 30.1 Å². The first-order chi connectivity index (χ1) is 8.15. The highest BCUT2D eigenvalue weighted by Crippen LogP contribution is 2.16. The summed E-state index contributed by atoms with van der Waals surface area (Å²) in [6.07, 6.45) is 1.76. The molecule has 0 saturated heterocycles. The van der Waals surface area contributed by atoms with Gasteiger partial charge in [0.25, 0.3) is 0 Å². The van der Waals surface area contributed by atoms with E-state index in [0.29, 0.717) is 6.54 Å². The number of hydrogen-bond donors (Lipinski definition) is 0. The molecular formula is C13H12BrFN2. The van der Waals surface area contributed by atoms with E-state index in [-0.39, 0.29) is 5.82 Å². The number of hydrogen-bond acceptors (Lipinski definition) is 2. The van der Waals surface area contributed by atoms with Crippen LogP contribution in [0.4, 0.5) is 10.1 Å². The minimum atomic E-state index is -0.224. The van der Waals surface area contributed by atoms with Gasteiger partial charge in [-0.3, -0.25) is 4.98 Å². The maximum Gasteiger partial charge on any atom is 0.125 e. The largest absolute Gasteiger partial charge is 0.369 e. The Morgan fingerprint density at radius 2 is 2.12 bits per heavy atom. The van der Waals surface area contributed by atoms with E-state index in [9.17, 15) is 4.39 Å². The van der Waals surface area contributed by atoms with E-state index < -0.39 is 0 Å². The van der Waals surface area contributed by atoms with Crippen LogP contribution in [0.15, 0.2) is 47.1 Å². The maximum absolute atomic E-state index is 13.1. The van der Waals surface area contributed by atoms with Gasteiger partial charge in [0.1, 0.15) is 5.82 Å². The molecule has 88 valence electrons. The fourth-order valence-corrected chi connectivity index (χ4v) is 1.78. The Morgan fingerprint density at radius 3 is 2.76 bits per heavy atom. The zero-order valence-electron chi connectivity index (χ0n) is 9.40. The zero-order valence-corrected chi connectivity index (χ0v) is 11.0. The molecule has 0 bridgehead atoms. The third-order valence-corrected chi connectivity index (χ3v) is 2.91. The molecule has 1 heterocycles. The quantitative estimate of drug-likeness (QED) is 0.859.